The van der Waals surface area contributed by atoms with E-state index in [4.69, 9.17) is 9.26 Å². The van der Waals surface area contributed by atoms with E-state index in [9.17, 15) is 0 Å². The minimum absolute atomic E-state index is 0.269. The van der Waals surface area contributed by atoms with E-state index in [0.717, 1.165) is 30.1 Å². The van der Waals surface area contributed by atoms with E-state index in [1.807, 2.05) is 37.0 Å². The number of nitrogens with zero attached hydrogens (tertiary/aromatic N) is 4. The van der Waals surface area contributed by atoms with Crippen molar-refractivity contribution in [3.8, 4) is 0 Å². The van der Waals surface area contributed by atoms with Crippen LogP contribution in [-0.2, 0) is 11.8 Å². The molecule has 0 saturated carbocycles. The Morgan fingerprint density at radius 3 is 3.00 bits per heavy atom. The monoisotopic (exact) mass is 260 g/mol. The van der Waals surface area contributed by atoms with Gasteiger partial charge in [0.15, 0.2) is 5.82 Å². The van der Waals surface area contributed by atoms with E-state index in [0.29, 0.717) is 12.5 Å². The third-order valence-corrected chi connectivity index (χ3v) is 3.43. The van der Waals surface area contributed by atoms with Crippen LogP contribution in [0.4, 0.5) is 0 Å². The standard InChI is InChI=1S/C13H16N4O2/c1-9-10(7-14-17(9)2)3-4-12-15-13(16-19-12)11-5-6-18-8-11/h3-4,7,11H,5-6,8H2,1-2H3/b4-3+. The van der Waals surface area contributed by atoms with Crippen LogP contribution in [0.5, 0.6) is 0 Å². The van der Waals surface area contributed by atoms with Crippen LogP contribution in [0.2, 0.25) is 0 Å². The van der Waals surface area contributed by atoms with Crippen LogP contribution in [0.3, 0.4) is 0 Å². The highest BCUT2D eigenvalue weighted by Gasteiger charge is 2.22. The first kappa shape index (κ1) is 12.1. The summed E-state index contributed by atoms with van der Waals surface area (Å²) in [5, 5.41) is 8.18. The zero-order valence-electron chi connectivity index (χ0n) is 11.0. The molecule has 19 heavy (non-hydrogen) atoms. The molecule has 1 aliphatic rings. The molecular weight excluding hydrogens is 244 g/mol. The van der Waals surface area contributed by atoms with E-state index in [1.165, 1.54) is 0 Å². The lowest BCUT2D eigenvalue weighted by Crippen LogP contribution is -1.99. The van der Waals surface area contributed by atoms with Gasteiger partial charge < -0.3 is 9.26 Å². The average molecular weight is 260 g/mol. The molecule has 1 aliphatic heterocycles. The number of hydrogen-bond acceptors (Lipinski definition) is 5. The maximum Gasteiger partial charge on any atom is 0.250 e. The Balaban J connectivity index is 1.74. The molecule has 0 amide bonds. The summed E-state index contributed by atoms with van der Waals surface area (Å²) in [6.07, 6.45) is 6.53. The number of aryl methyl sites for hydroxylation is 1. The zero-order chi connectivity index (χ0) is 13.2. The Labute approximate surface area is 111 Å². The average Bonchev–Trinajstić information content (AvgIpc) is 3.11. The molecule has 0 N–H and O–H groups in total. The lowest BCUT2D eigenvalue weighted by Gasteiger charge is -1.97. The number of rotatable bonds is 3. The van der Waals surface area contributed by atoms with Crippen LogP contribution in [0.15, 0.2) is 10.7 Å². The largest absolute Gasteiger partial charge is 0.381 e. The smallest absolute Gasteiger partial charge is 0.250 e. The second-order valence-corrected chi connectivity index (χ2v) is 4.69. The zero-order valence-corrected chi connectivity index (χ0v) is 11.0. The van der Waals surface area contributed by atoms with Crippen LogP contribution in [0.1, 0.15) is 35.3 Å². The highest BCUT2D eigenvalue weighted by atomic mass is 16.5. The topological polar surface area (TPSA) is 66.0 Å². The van der Waals surface area contributed by atoms with Gasteiger partial charge in [-0.25, -0.2) is 0 Å². The van der Waals surface area contributed by atoms with E-state index >= 15 is 0 Å². The van der Waals surface area contributed by atoms with E-state index in [2.05, 4.69) is 15.2 Å². The SMILES string of the molecule is Cc1c(/C=C/c2nc(C3CCOC3)no2)cnn1C. The van der Waals surface area contributed by atoms with Gasteiger partial charge in [0.1, 0.15) is 0 Å². The first-order valence-electron chi connectivity index (χ1n) is 6.32. The van der Waals surface area contributed by atoms with Gasteiger partial charge in [-0.1, -0.05) is 5.16 Å². The van der Waals surface area contributed by atoms with Crippen molar-refractivity contribution < 1.29 is 9.26 Å². The maximum absolute atomic E-state index is 5.32. The molecule has 1 saturated heterocycles. The van der Waals surface area contributed by atoms with Crippen LogP contribution in [0.25, 0.3) is 12.2 Å². The lowest BCUT2D eigenvalue weighted by molar-refractivity contribution is 0.192. The van der Waals surface area contributed by atoms with Gasteiger partial charge in [0.05, 0.1) is 12.8 Å². The molecule has 1 atom stereocenters. The molecule has 6 heteroatoms. The Morgan fingerprint density at radius 1 is 1.42 bits per heavy atom. The molecule has 3 heterocycles. The number of aromatic nitrogens is 4. The second kappa shape index (κ2) is 4.97. The summed E-state index contributed by atoms with van der Waals surface area (Å²) < 4.78 is 12.4. The summed E-state index contributed by atoms with van der Waals surface area (Å²) in [6, 6.07) is 0. The molecule has 1 unspecified atom stereocenters. The number of ether oxygens (including phenoxy) is 1. The van der Waals surface area contributed by atoms with Gasteiger partial charge in [-0.2, -0.15) is 10.1 Å². The summed E-state index contributed by atoms with van der Waals surface area (Å²) in [4.78, 5) is 4.37. The van der Waals surface area contributed by atoms with Gasteiger partial charge in [0.2, 0.25) is 0 Å². The summed E-state index contributed by atoms with van der Waals surface area (Å²) >= 11 is 0. The maximum atomic E-state index is 5.32. The summed E-state index contributed by atoms with van der Waals surface area (Å²) in [6.45, 7) is 3.48. The summed E-state index contributed by atoms with van der Waals surface area (Å²) in [7, 11) is 1.91. The van der Waals surface area contributed by atoms with Crippen LogP contribution >= 0.6 is 0 Å². The highest BCUT2D eigenvalue weighted by molar-refractivity contribution is 5.66. The molecule has 100 valence electrons. The van der Waals surface area contributed by atoms with Crippen LogP contribution in [-0.4, -0.2) is 33.1 Å². The lowest BCUT2D eigenvalue weighted by atomic mass is 10.1. The van der Waals surface area contributed by atoms with Crippen LogP contribution < -0.4 is 0 Å². The van der Waals surface area contributed by atoms with Gasteiger partial charge in [-0.3, -0.25) is 4.68 Å². The fourth-order valence-electron chi connectivity index (χ4n) is 2.06. The molecule has 2 aromatic heterocycles. The van der Waals surface area contributed by atoms with Crippen molar-refractivity contribution in [2.24, 2.45) is 7.05 Å². The van der Waals surface area contributed by atoms with E-state index in [1.54, 1.807) is 0 Å². The van der Waals surface area contributed by atoms with E-state index < -0.39 is 0 Å². The molecule has 0 bridgehead atoms. The first-order chi connectivity index (χ1) is 9.24. The Morgan fingerprint density at radius 2 is 2.32 bits per heavy atom. The van der Waals surface area contributed by atoms with Crippen molar-refractivity contribution in [3.05, 3.63) is 29.2 Å². The van der Waals surface area contributed by atoms with Crippen molar-refractivity contribution in [1.82, 2.24) is 19.9 Å². The second-order valence-electron chi connectivity index (χ2n) is 4.69. The fourth-order valence-corrected chi connectivity index (χ4v) is 2.06. The summed E-state index contributed by atoms with van der Waals surface area (Å²) in [5.74, 6) is 1.52. The van der Waals surface area contributed by atoms with Gasteiger partial charge in [-0.05, 0) is 19.4 Å². The Kier molecular flexibility index (Phi) is 3.16. The van der Waals surface area contributed by atoms with Gasteiger partial charge in [-0.15, -0.1) is 0 Å². The minimum Gasteiger partial charge on any atom is -0.381 e. The van der Waals surface area contributed by atoms with Crippen molar-refractivity contribution in [3.63, 3.8) is 0 Å². The van der Waals surface area contributed by atoms with Crippen molar-refractivity contribution in [1.29, 1.82) is 0 Å². The van der Waals surface area contributed by atoms with Crippen molar-refractivity contribution in [2.75, 3.05) is 13.2 Å². The van der Waals surface area contributed by atoms with Gasteiger partial charge >= 0.3 is 0 Å². The van der Waals surface area contributed by atoms with Crippen LogP contribution in [0, 0.1) is 6.92 Å². The predicted octanol–water partition coefficient (Wildman–Crippen LogP) is 1.79. The fraction of sp³-hybridized carbons (Fsp3) is 0.462. The van der Waals surface area contributed by atoms with Crippen molar-refractivity contribution in [2.45, 2.75) is 19.3 Å². The van der Waals surface area contributed by atoms with Gasteiger partial charge in [0, 0.05) is 36.9 Å². The molecule has 1 fully saturated rings. The predicted molar refractivity (Wildman–Crippen MR) is 69.3 cm³/mol. The Hall–Kier alpha value is -1.95. The summed E-state index contributed by atoms with van der Waals surface area (Å²) in [5.41, 5.74) is 2.15. The van der Waals surface area contributed by atoms with Gasteiger partial charge in [0.25, 0.3) is 5.89 Å². The molecule has 0 spiro atoms. The highest BCUT2D eigenvalue weighted by Crippen LogP contribution is 2.22. The van der Waals surface area contributed by atoms with Crippen molar-refractivity contribution >= 4 is 12.2 Å². The minimum atomic E-state index is 0.269. The molecule has 0 aliphatic carbocycles. The molecule has 6 nitrogen and oxygen atoms in total. The Bertz CT molecular complexity index is 594. The third-order valence-electron chi connectivity index (χ3n) is 3.43. The normalized spacial score (nSPS) is 19.6. The number of hydrogen-bond donors (Lipinski definition) is 0. The molecule has 2 aromatic rings. The third kappa shape index (κ3) is 2.44. The molecule has 0 radical (unpaired) electrons. The van der Waals surface area contributed by atoms with E-state index in [-0.39, 0.29) is 5.92 Å². The molecule has 3 rings (SSSR count). The molecular formula is C13H16N4O2. The first-order valence-corrected chi connectivity index (χ1v) is 6.32. The molecule has 0 aromatic carbocycles. The quantitative estimate of drug-likeness (QED) is 0.841.